The number of halogens is 4. The zero-order valence-corrected chi connectivity index (χ0v) is 13.2. The Labute approximate surface area is 140 Å². The smallest absolute Gasteiger partial charge is 0.254 e. The minimum Gasteiger partial charge on any atom is -0.332 e. The lowest BCUT2D eigenvalue weighted by molar-refractivity contribution is -0.116. The van der Waals surface area contributed by atoms with Gasteiger partial charge in [-0.05, 0) is 30.3 Å². The molecule has 4 nitrogen and oxygen atoms in total. The lowest BCUT2D eigenvalue weighted by Gasteiger charge is -2.17. The molecule has 0 saturated carbocycles. The number of benzene rings is 2. The monoisotopic (exact) mass is 356 g/mol. The number of hydrogen-bond donors (Lipinski definition) is 1. The molecule has 0 bridgehead atoms. The zero-order chi connectivity index (χ0) is 17.9. The number of carbonyl (C=O) groups excluding carboxylic acids is 2. The Morgan fingerprint density at radius 1 is 1.12 bits per heavy atom. The van der Waals surface area contributed by atoms with E-state index in [4.69, 9.17) is 11.6 Å². The fourth-order valence-electron chi connectivity index (χ4n) is 1.94. The van der Waals surface area contributed by atoms with Crippen molar-refractivity contribution in [2.24, 2.45) is 0 Å². The van der Waals surface area contributed by atoms with Crippen LogP contribution in [-0.4, -0.2) is 30.3 Å². The number of amides is 2. The summed E-state index contributed by atoms with van der Waals surface area (Å²) >= 11 is 5.79. The van der Waals surface area contributed by atoms with Crippen molar-refractivity contribution in [3.8, 4) is 0 Å². The first-order valence-corrected chi connectivity index (χ1v) is 7.11. The van der Waals surface area contributed by atoms with Gasteiger partial charge in [-0.1, -0.05) is 17.7 Å². The summed E-state index contributed by atoms with van der Waals surface area (Å²) in [6.07, 6.45) is 0. The largest absolute Gasteiger partial charge is 0.332 e. The minimum absolute atomic E-state index is 0.275. The van der Waals surface area contributed by atoms with Crippen LogP contribution in [0, 0.1) is 17.5 Å². The summed E-state index contributed by atoms with van der Waals surface area (Å²) in [4.78, 5) is 25.1. The van der Waals surface area contributed by atoms with E-state index in [9.17, 15) is 22.8 Å². The second-order valence-corrected chi connectivity index (χ2v) is 5.38. The Kier molecular flexibility index (Phi) is 5.46. The molecule has 0 aliphatic rings. The first-order valence-electron chi connectivity index (χ1n) is 6.74. The van der Waals surface area contributed by atoms with E-state index in [1.165, 1.54) is 19.2 Å². The average molecular weight is 357 g/mol. The summed E-state index contributed by atoms with van der Waals surface area (Å²) in [5, 5.41) is 2.45. The van der Waals surface area contributed by atoms with E-state index in [1.54, 1.807) is 12.1 Å². The van der Waals surface area contributed by atoms with Gasteiger partial charge in [0.05, 0.1) is 12.2 Å². The van der Waals surface area contributed by atoms with Crippen LogP contribution in [0.15, 0.2) is 36.4 Å². The Morgan fingerprint density at radius 2 is 1.83 bits per heavy atom. The van der Waals surface area contributed by atoms with E-state index in [0.717, 1.165) is 11.0 Å². The highest BCUT2D eigenvalue weighted by Crippen LogP contribution is 2.19. The van der Waals surface area contributed by atoms with E-state index >= 15 is 0 Å². The quantitative estimate of drug-likeness (QED) is 0.853. The number of likely N-dealkylation sites (N-methyl/N-ethyl adjacent to an activating group) is 1. The van der Waals surface area contributed by atoms with Crippen LogP contribution in [0.1, 0.15) is 10.4 Å². The van der Waals surface area contributed by atoms with Crippen molar-refractivity contribution < 1.29 is 22.8 Å². The first kappa shape index (κ1) is 17.8. The first-order chi connectivity index (χ1) is 11.3. The predicted octanol–water partition coefficient (Wildman–Crippen LogP) is 3.47. The summed E-state index contributed by atoms with van der Waals surface area (Å²) in [7, 11) is 1.37. The van der Waals surface area contributed by atoms with E-state index < -0.39 is 41.5 Å². The second-order valence-electron chi connectivity index (χ2n) is 4.94. The molecule has 0 heterocycles. The second kappa shape index (κ2) is 7.35. The summed E-state index contributed by atoms with van der Waals surface area (Å²) in [6, 6.07) is 7.72. The highest BCUT2D eigenvalue weighted by Gasteiger charge is 2.18. The summed E-state index contributed by atoms with van der Waals surface area (Å²) in [5.41, 5.74) is -0.237. The molecule has 0 fully saturated rings. The Hall–Kier alpha value is -2.54. The fourth-order valence-corrected chi connectivity index (χ4v) is 2.13. The maximum Gasteiger partial charge on any atom is 0.254 e. The van der Waals surface area contributed by atoms with Gasteiger partial charge >= 0.3 is 0 Å². The topological polar surface area (TPSA) is 49.4 Å². The van der Waals surface area contributed by atoms with Crippen molar-refractivity contribution in [2.75, 3.05) is 18.9 Å². The Morgan fingerprint density at radius 3 is 2.50 bits per heavy atom. The van der Waals surface area contributed by atoms with E-state index in [1.807, 2.05) is 0 Å². The molecule has 2 amide bonds. The van der Waals surface area contributed by atoms with Gasteiger partial charge in [0.1, 0.15) is 0 Å². The molecular formula is C16H12ClF3N2O2. The molecule has 2 aromatic rings. The van der Waals surface area contributed by atoms with Crippen molar-refractivity contribution >= 4 is 29.1 Å². The van der Waals surface area contributed by atoms with Crippen LogP contribution >= 0.6 is 11.6 Å². The van der Waals surface area contributed by atoms with Crippen LogP contribution in [0.3, 0.4) is 0 Å². The third kappa shape index (κ3) is 4.05. The number of nitrogens with one attached hydrogen (secondary N) is 1. The highest BCUT2D eigenvalue weighted by molar-refractivity contribution is 6.31. The summed E-state index contributed by atoms with van der Waals surface area (Å²) in [5.74, 6) is -5.79. The molecule has 0 saturated heterocycles. The SMILES string of the molecule is CN(CC(=O)Nc1ccc(F)c(F)c1F)C(=O)c1cccc(Cl)c1. The average Bonchev–Trinajstić information content (AvgIpc) is 2.54. The van der Waals surface area contributed by atoms with Crippen molar-refractivity contribution in [2.45, 2.75) is 0 Å². The third-order valence-corrected chi connectivity index (χ3v) is 3.34. The molecule has 126 valence electrons. The van der Waals surface area contributed by atoms with Crippen LogP contribution in [-0.2, 0) is 4.79 Å². The van der Waals surface area contributed by atoms with Gasteiger partial charge in [-0.25, -0.2) is 13.2 Å². The van der Waals surface area contributed by atoms with Crippen LogP contribution < -0.4 is 5.32 Å². The van der Waals surface area contributed by atoms with E-state index in [2.05, 4.69) is 5.32 Å². The van der Waals surface area contributed by atoms with Gasteiger partial charge in [0.15, 0.2) is 17.5 Å². The van der Waals surface area contributed by atoms with Gasteiger partial charge in [-0.3, -0.25) is 9.59 Å². The Balaban J connectivity index is 2.04. The maximum atomic E-state index is 13.5. The van der Waals surface area contributed by atoms with Gasteiger partial charge in [0.2, 0.25) is 5.91 Å². The number of nitrogens with zero attached hydrogens (tertiary/aromatic N) is 1. The minimum atomic E-state index is -1.68. The third-order valence-electron chi connectivity index (χ3n) is 3.11. The number of carbonyl (C=O) groups is 2. The van der Waals surface area contributed by atoms with Crippen molar-refractivity contribution in [1.82, 2.24) is 4.90 Å². The van der Waals surface area contributed by atoms with Crippen LogP contribution in [0.4, 0.5) is 18.9 Å². The molecule has 0 atom stereocenters. The normalized spacial score (nSPS) is 10.4. The van der Waals surface area contributed by atoms with Crippen molar-refractivity contribution in [3.63, 3.8) is 0 Å². The molecule has 0 aliphatic carbocycles. The molecule has 2 aromatic carbocycles. The highest BCUT2D eigenvalue weighted by atomic mass is 35.5. The van der Waals surface area contributed by atoms with Crippen molar-refractivity contribution in [1.29, 1.82) is 0 Å². The molecule has 8 heteroatoms. The number of rotatable bonds is 4. The molecule has 0 unspecified atom stereocenters. The van der Waals surface area contributed by atoms with Crippen LogP contribution in [0.5, 0.6) is 0 Å². The summed E-state index contributed by atoms with van der Waals surface area (Å²) in [6.45, 7) is -0.413. The van der Waals surface area contributed by atoms with Crippen LogP contribution in [0.2, 0.25) is 5.02 Å². The van der Waals surface area contributed by atoms with Crippen LogP contribution in [0.25, 0.3) is 0 Å². The summed E-state index contributed by atoms with van der Waals surface area (Å²) < 4.78 is 39.5. The number of anilines is 1. The molecule has 24 heavy (non-hydrogen) atoms. The van der Waals surface area contributed by atoms with Crippen molar-refractivity contribution in [3.05, 3.63) is 64.4 Å². The van der Waals surface area contributed by atoms with E-state index in [0.29, 0.717) is 11.1 Å². The van der Waals surface area contributed by atoms with Gasteiger partial charge in [0, 0.05) is 17.6 Å². The zero-order valence-electron chi connectivity index (χ0n) is 12.4. The standard InChI is InChI=1S/C16H12ClF3N2O2/c1-22(16(24)9-3-2-4-10(17)7-9)8-13(23)21-12-6-5-11(18)14(19)15(12)20/h2-7H,8H2,1H3,(H,21,23). The van der Waals surface area contributed by atoms with Gasteiger partial charge in [-0.15, -0.1) is 0 Å². The molecular weight excluding hydrogens is 345 g/mol. The van der Waals surface area contributed by atoms with E-state index in [-0.39, 0.29) is 5.56 Å². The molecule has 0 spiro atoms. The molecule has 0 aliphatic heterocycles. The molecule has 0 aromatic heterocycles. The van der Waals surface area contributed by atoms with Gasteiger partial charge in [-0.2, -0.15) is 0 Å². The van der Waals surface area contributed by atoms with Gasteiger partial charge < -0.3 is 10.2 Å². The molecule has 2 rings (SSSR count). The number of hydrogen-bond acceptors (Lipinski definition) is 2. The lowest BCUT2D eigenvalue weighted by Crippen LogP contribution is -2.35. The molecule has 1 N–H and O–H groups in total. The Bertz CT molecular complexity index is 799. The molecule has 0 radical (unpaired) electrons. The predicted molar refractivity (Wildman–Crippen MR) is 83.4 cm³/mol. The fraction of sp³-hybridized carbons (Fsp3) is 0.125. The maximum absolute atomic E-state index is 13.5. The van der Waals surface area contributed by atoms with Gasteiger partial charge in [0.25, 0.3) is 5.91 Å². The lowest BCUT2D eigenvalue weighted by atomic mass is 10.2.